The Balaban J connectivity index is 1.48. The van der Waals surface area contributed by atoms with Crippen LogP contribution in [0.3, 0.4) is 0 Å². The van der Waals surface area contributed by atoms with Crippen LogP contribution < -0.4 is 14.4 Å². The quantitative estimate of drug-likeness (QED) is 0.180. The number of aryl methyl sites for hydroxylation is 1. The highest BCUT2D eigenvalue weighted by Crippen LogP contribution is 2.32. The number of nitrogens with one attached hydrogen (secondary N) is 1. The lowest BCUT2D eigenvalue weighted by Crippen LogP contribution is -2.26. The SMILES string of the molecule is CCCCOC(=O)c1ccc(NC(=O)c2cc3cc(N(C)S(=O)(=O)c4ccc(OC)c(C)c4)ccc3s2)cc1. The zero-order valence-electron chi connectivity index (χ0n) is 22.2. The number of carbonyl (C=O) groups is 2. The van der Waals surface area contributed by atoms with E-state index in [0.717, 1.165) is 28.5 Å². The molecule has 1 heterocycles. The molecule has 0 spiro atoms. The van der Waals surface area contributed by atoms with E-state index in [2.05, 4.69) is 5.32 Å². The molecule has 204 valence electrons. The lowest BCUT2D eigenvalue weighted by Gasteiger charge is -2.20. The Hall–Kier alpha value is -3.89. The van der Waals surface area contributed by atoms with Crippen molar-refractivity contribution in [2.75, 3.05) is 30.4 Å². The smallest absolute Gasteiger partial charge is 0.338 e. The molecular weight excluding hydrogens is 536 g/mol. The number of rotatable bonds is 10. The number of thiophene rings is 1. The molecule has 8 nitrogen and oxygen atoms in total. The van der Waals surface area contributed by atoms with Gasteiger partial charge in [-0.15, -0.1) is 11.3 Å². The predicted molar refractivity (Wildman–Crippen MR) is 155 cm³/mol. The Morgan fingerprint density at radius 3 is 2.41 bits per heavy atom. The van der Waals surface area contributed by atoms with Crippen molar-refractivity contribution in [3.05, 3.63) is 82.7 Å². The van der Waals surface area contributed by atoms with E-state index in [0.29, 0.717) is 34.2 Å². The third-order valence-corrected chi connectivity index (χ3v) is 9.12. The first-order chi connectivity index (χ1) is 18.6. The molecule has 0 aliphatic rings. The fourth-order valence-corrected chi connectivity index (χ4v) is 6.13. The van der Waals surface area contributed by atoms with Crippen molar-refractivity contribution in [1.29, 1.82) is 0 Å². The highest BCUT2D eigenvalue weighted by Gasteiger charge is 2.23. The summed E-state index contributed by atoms with van der Waals surface area (Å²) in [6.45, 7) is 4.19. The Bertz CT molecular complexity index is 1610. The highest BCUT2D eigenvalue weighted by atomic mass is 32.2. The van der Waals surface area contributed by atoms with E-state index in [9.17, 15) is 18.0 Å². The van der Waals surface area contributed by atoms with Crippen LogP contribution in [-0.4, -0.2) is 41.1 Å². The van der Waals surface area contributed by atoms with Crippen LogP contribution in [0, 0.1) is 6.92 Å². The molecule has 0 aliphatic heterocycles. The standard InChI is InChI=1S/C29H30N2O6S2/c1-5-6-15-37-29(33)20-7-9-22(10-8-20)30-28(32)27-18-21-17-23(11-14-26(21)38-27)31(3)39(34,35)24-12-13-25(36-4)19(2)16-24/h7-14,16-18H,5-6,15H2,1-4H3,(H,30,32). The Labute approximate surface area is 232 Å². The molecule has 4 rings (SSSR count). The maximum atomic E-state index is 13.3. The normalized spacial score (nSPS) is 11.3. The highest BCUT2D eigenvalue weighted by molar-refractivity contribution is 7.92. The maximum Gasteiger partial charge on any atom is 0.338 e. The number of ether oxygens (including phenoxy) is 2. The van der Waals surface area contributed by atoms with E-state index in [1.807, 2.05) is 6.92 Å². The Kier molecular flexibility index (Phi) is 8.57. The summed E-state index contributed by atoms with van der Waals surface area (Å²) in [6.07, 6.45) is 1.75. The zero-order chi connectivity index (χ0) is 28.2. The third-order valence-electron chi connectivity index (χ3n) is 6.22. The predicted octanol–water partition coefficient (Wildman–Crippen LogP) is 6.25. The van der Waals surface area contributed by atoms with Crippen LogP contribution in [0.5, 0.6) is 5.75 Å². The number of hydrogen-bond acceptors (Lipinski definition) is 7. The Morgan fingerprint density at radius 1 is 1.00 bits per heavy atom. The number of amides is 1. The molecule has 1 N–H and O–H groups in total. The van der Waals surface area contributed by atoms with Crippen LogP contribution in [0.4, 0.5) is 11.4 Å². The average molecular weight is 567 g/mol. The molecule has 0 saturated heterocycles. The van der Waals surface area contributed by atoms with E-state index >= 15 is 0 Å². The summed E-state index contributed by atoms with van der Waals surface area (Å²) in [5.41, 5.74) is 2.16. The number of unbranched alkanes of at least 4 members (excludes halogenated alkanes) is 1. The second kappa shape index (κ2) is 11.9. The van der Waals surface area contributed by atoms with Crippen LogP contribution in [0.1, 0.15) is 45.4 Å². The molecule has 0 saturated carbocycles. The maximum absolute atomic E-state index is 13.3. The topological polar surface area (TPSA) is 102 Å². The first-order valence-corrected chi connectivity index (χ1v) is 14.7. The second-order valence-electron chi connectivity index (χ2n) is 8.96. The number of anilines is 2. The molecule has 0 radical (unpaired) electrons. The lowest BCUT2D eigenvalue weighted by atomic mass is 10.2. The lowest BCUT2D eigenvalue weighted by molar-refractivity contribution is 0.0499. The van der Waals surface area contributed by atoms with Crippen LogP contribution in [0.15, 0.2) is 71.6 Å². The van der Waals surface area contributed by atoms with E-state index in [1.54, 1.807) is 67.6 Å². The van der Waals surface area contributed by atoms with Gasteiger partial charge in [0.1, 0.15) is 5.75 Å². The largest absolute Gasteiger partial charge is 0.496 e. The van der Waals surface area contributed by atoms with Gasteiger partial charge in [-0.1, -0.05) is 13.3 Å². The van der Waals surface area contributed by atoms with Crippen molar-refractivity contribution in [3.63, 3.8) is 0 Å². The fourth-order valence-electron chi connectivity index (χ4n) is 3.92. The van der Waals surface area contributed by atoms with Gasteiger partial charge in [-0.3, -0.25) is 9.10 Å². The number of carbonyl (C=O) groups excluding carboxylic acids is 2. The molecule has 10 heteroatoms. The second-order valence-corrected chi connectivity index (χ2v) is 12.0. The summed E-state index contributed by atoms with van der Waals surface area (Å²) in [4.78, 5) is 25.6. The van der Waals surface area contributed by atoms with Gasteiger partial charge in [-0.25, -0.2) is 13.2 Å². The van der Waals surface area contributed by atoms with Crippen molar-refractivity contribution in [2.24, 2.45) is 0 Å². The van der Waals surface area contributed by atoms with Crippen LogP contribution in [-0.2, 0) is 14.8 Å². The van der Waals surface area contributed by atoms with E-state index in [1.165, 1.54) is 35.9 Å². The fraction of sp³-hybridized carbons (Fsp3) is 0.241. The first-order valence-electron chi connectivity index (χ1n) is 12.4. The van der Waals surface area contributed by atoms with Crippen molar-refractivity contribution in [3.8, 4) is 5.75 Å². The molecule has 3 aromatic carbocycles. The van der Waals surface area contributed by atoms with Crippen molar-refractivity contribution >= 4 is 54.7 Å². The minimum Gasteiger partial charge on any atom is -0.496 e. The van der Waals surface area contributed by atoms with Crippen LogP contribution >= 0.6 is 11.3 Å². The number of esters is 1. The van der Waals surface area contributed by atoms with Gasteiger partial charge in [-0.05, 0) is 91.0 Å². The average Bonchev–Trinajstić information content (AvgIpc) is 3.37. The van der Waals surface area contributed by atoms with E-state index in [-0.39, 0.29) is 10.8 Å². The summed E-state index contributed by atoms with van der Waals surface area (Å²) in [6, 6.07) is 18.3. The summed E-state index contributed by atoms with van der Waals surface area (Å²) in [5, 5.41) is 3.59. The van der Waals surface area contributed by atoms with Gasteiger partial charge in [0.05, 0.1) is 34.7 Å². The van der Waals surface area contributed by atoms with Crippen molar-refractivity contribution < 1.29 is 27.5 Å². The third kappa shape index (κ3) is 6.23. The number of methoxy groups -OCH3 is 1. The molecule has 0 unspecified atom stereocenters. The summed E-state index contributed by atoms with van der Waals surface area (Å²) < 4.78 is 39.0. The molecule has 0 aliphatic carbocycles. The van der Waals surface area contributed by atoms with Crippen LogP contribution in [0.2, 0.25) is 0 Å². The summed E-state index contributed by atoms with van der Waals surface area (Å²) >= 11 is 1.31. The Morgan fingerprint density at radius 2 is 1.74 bits per heavy atom. The zero-order valence-corrected chi connectivity index (χ0v) is 23.8. The van der Waals surface area contributed by atoms with Gasteiger partial charge in [0.2, 0.25) is 0 Å². The molecule has 4 aromatic rings. The number of nitrogens with zero attached hydrogens (tertiary/aromatic N) is 1. The number of hydrogen-bond donors (Lipinski definition) is 1. The van der Waals surface area contributed by atoms with Crippen molar-refractivity contribution in [2.45, 2.75) is 31.6 Å². The molecule has 39 heavy (non-hydrogen) atoms. The minimum absolute atomic E-state index is 0.161. The van der Waals surface area contributed by atoms with Gasteiger partial charge in [-0.2, -0.15) is 0 Å². The monoisotopic (exact) mass is 566 g/mol. The van der Waals surface area contributed by atoms with Crippen molar-refractivity contribution in [1.82, 2.24) is 0 Å². The number of benzene rings is 3. The van der Waals surface area contributed by atoms with E-state index in [4.69, 9.17) is 9.47 Å². The molecule has 0 fully saturated rings. The number of sulfonamides is 1. The number of fused-ring (bicyclic) bond motifs is 1. The molecular formula is C29H30N2O6S2. The molecule has 1 amide bonds. The summed E-state index contributed by atoms with van der Waals surface area (Å²) in [5.74, 6) is -0.0792. The van der Waals surface area contributed by atoms with Crippen LogP contribution in [0.25, 0.3) is 10.1 Å². The van der Waals surface area contributed by atoms with E-state index < -0.39 is 16.0 Å². The van der Waals surface area contributed by atoms with Gasteiger partial charge in [0.25, 0.3) is 15.9 Å². The van der Waals surface area contributed by atoms with Gasteiger partial charge in [0.15, 0.2) is 0 Å². The molecule has 1 aromatic heterocycles. The van der Waals surface area contributed by atoms with Gasteiger partial charge >= 0.3 is 5.97 Å². The molecule has 0 atom stereocenters. The summed E-state index contributed by atoms with van der Waals surface area (Å²) in [7, 11) is -0.768. The minimum atomic E-state index is -3.81. The van der Waals surface area contributed by atoms with Gasteiger partial charge < -0.3 is 14.8 Å². The molecule has 0 bridgehead atoms. The van der Waals surface area contributed by atoms with Gasteiger partial charge in [0, 0.05) is 17.4 Å². The first kappa shape index (κ1) is 28.1.